The highest BCUT2D eigenvalue weighted by atomic mass is 16.5. The van der Waals surface area contributed by atoms with Crippen LogP contribution in [0.5, 0.6) is 11.5 Å². The average molecular weight is 331 g/mol. The zero-order valence-electron chi connectivity index (χ0n) is 13.4. The number of aromatic nitrogens is 1. The topological polar surface area (TPSA) is 110 Å². The van der Waals surface area contributed by atoms with E-state index in [0.29, 0.717) is 17.1 Å². The largest absolute Gasteiger partial charge is 0.497 e. The number of benzene rings is 1. The normalized spacial score (nSPS) is 9.96. The number of aromatic amines is 1. The van der Waals surface area contributed by atoms with Crippen LogP contribution in [0.3, 0.4) is 0 Å². The molecule has 1 heterocycles. The van der Waals surface area contributed by atoms with Gasteiger partial charge in [0.1, 0.15) is 11.4 Å². The van der Waals surface area contributed by atoms with Gasteiger partial charge in [0.05, 0.1) is 25.6 Å². The van der Waals surface area contributed by atoms with Crippen molar-refractivity contribution in [3.05, 3.63) is 46.4 Å². The average Bonchev–Trinajstić information content (AvgIpc) is 2.55. The lowest BCUT2D eigenvalue weighted by Gasteiger charge is -2.13. The van der Waals surface area contributed by atoms with Crippen molar-refractivity contribution in [3.8, 4) is 11.5 Å². The Labute approximate surface area is 137 Å². The number of rotatable bonds is 5. The van der Waals surface area contributed by atoms with Gasteiger partial charge < -0.3 is 25.1 Å². The Kier molecular flexibility index (Phi) is 5.20. The van der Waals surface area contributed by atoms with Gasteiger partial charge in [-0.05, 0) is 12.1 Å². The van der Waals surface area contributed by atoms with E-state index in [1.54, 1.807) is 18.2 Å². The first kappa shape index (κ1) is 17.1. The minimum atomic E-state index is -0.547. The fourth-order valence-electron chi connectivity index (χ4n) is 1.99. The maximum atomic E-state index is 12.3. The van der Waals surface area contributed by atoms with Crippen molar-refractivity contribution in [1.82, 2.24) is 4.98 Å². The van der Waals surface area contributed by atoms with Crippen LogP contribution < -0.4 is 25.5 Å². The maximum absolute atomic E-state index is 12.3. The zero-order chi connectivity index (χ0) is 17.7. The predicted octanol–water partition coefficient (Wildman–Crippen LogP) is 1.60. The predicted molar refractivity (Wildman–Crippen MR) is 88.9 cm³/mol. The van der Waals surface area contributed by atoms with Gasteiger partial charge in [-0.25, -0.2) is 0 Å². The van der Waals surface area contributed by atoms with Gasteiger partial charge in [-0.3, -0.25) is 14.4 Å². The number of ether oxygens (including phenoxy) is 2. The van der Waals surface area contributed by atoms with Crippen molar-refractivity contribution in [2.75, 3.05) is 24.9 Å². The summed E-state index contributed by atoms with van der Waals surface area (Å²) in [6, 6.07) is 5.94. The third-order valence-corrected chi connectivity index (χ3v) is 3.13. The number of carbonyl (C=O) groups is 2. The number of anilines is 2. The Hall–Kier alpha value is -3.29. The van der Waals surface area contributed by atoms with Crippen molar-refractivity contribution in [2.24, 2.45) is 0 Å². The summed E-state index contributed by atoms with van der Waals surface area (Å²) >= 11 is 0. The number of nitrogens with one attached hydrogen (secondary N) is 3. The molecule has 0 unspecified atom stereocenters. The third kappa shape index (κ3) is 3.92. The van der Waals surface area contributed by atoms with Crippen LogP contribution in [0, 0.1) is 0 Å². The number of hydrogen-bond donors (Lipinski definition) is 3. The molecule has 2 aromatic rings. The molecule has 0 aliphatic rings. The molecule has 0 saturated heterocycles. The first-order valence-corrected chi connectivity index (χ1v) is 6.98. The van der Waals surface area contributed by atoms with Gasteiger partial charge in [0.2, 0.25) is 11.3 Å². The van der Waals surface area contributed by atoms with Gasteiger partial charge in [-0.15, -0.1) is 0 Å². The van der Waals surface area contributed by atoms with Crippen molar-refractivity contribution in [3.63, 3.8) is 0 Å². The van der Waals surface area contributed by atoms with Gasteiger partial charge >= 0.3 is 0 Å². The number of methoxy groups -OCH3 is 2. The molecule has 2 rings (SSSR count). The van der Waals surface area contributed by atoms with Gasteiger partial charge in [0.15, 0.2) is 5.75 Å². The van der Waals surface area contributed by atoms with E-state index in [1.807, 2.05) is 0 Å². The standard InChI is InChI=1S/C16H17N3O5/c1-9(20)18-11-5-4-10(23-2)6-12(11)19-16(22)13-7-14(21)15(24-3)8-17-13/h4-8H,1-3H3,(H,17,21)(H,18,20)(H,19,22). The molecule has 0 atom stereocenters. The van der Waals surface area contributed by atoms with Crippen LogP contribution in [0.1, 0.15) is 17.4 Å². The number of amides is 2. The summed E-state index contributed by atoms with van der Waals surface area (Å²) < 4.78 is 9.96. The second-order valence-corrected chi connectivity index (χ2v) is 4.83. The summed E-state index contributed by atoms with van der Waals surface area (Å²) in [7, 11) is 2.85. The number of hydrogen-bond acceptors (Lipinski definition) is 5. The maximum Gasteiger partial charge on any atom is 0.272 e. The number of carbonyl (C=O) groups excluding carboxylic acids is 2. The van der Waals surface area contributed by atoms with Crippen molar-refractivity contribution >= 4 is 23.2 Å². The highest BCUT2D eigenvalue weighted by Gasteiger charge is 2.13. The van der Waals surface area contributed by atoms with E-state index in [1.165, 1.54) is 27.3 Å². The van der Waals surface area contributed by atoms with Crippen LogP contribution in [0.4, 0.5) is 11.4 Å². The number of pyridine rings is 1. The van der Waals surface area contributed by atoms with Crippen molar-refractivity contribution in [1.29, 1.82) is 0 Å². The molecule has 0 aliphatic heterocycles. The van der Waals surface area contributed by atoms with E-state index in [9.17, 15) is 14.4 Å². The highest BCUT2D eigenvalue weighted by Crippen LogP contribution is 2.27. The molecule has 8 nitrogen and oxygen atoms in total. The van der Waals surface area contributed by atoms with Crippen molar-refractivity contribution < 1.29 is 19.1 Å². The van der Waals surface area contributed by atoms with Crippen LogP contribution in [-0.2, 0) is 4.79 Å². The minimum Gasteiger partial charge on any atom is -0.497 e. The molecule has 0 saturated carbocycles. The molecule has 1 aromatic carbocycles. The van der Waals surface area contributed by atoms with E-state index in [-0.39, 0.29) is 17.4 Å². The SMILES string of the molecule is COc1ccc(NC(C)=O)c(NC(=O)c2cc(=O)c(OC)c[nH]2)c1. The Morgan fingerprint density at radius 2 is 1.79 bits per heavy atom. The molecule has 0 bridgehead atoms. The summed E-state index contributed by atoms with van der Waals surface area (Å²) in [6.07, 6.45) is 1.30. The first-order valence-electron chi connectivity index (χ1n) is 6.98. The monoisotopic (exact) mass is 331 g/mol. The van der Waals surface area contributed by atoms with Crippen LogP contribution in [0.25, 0.3) is 0 Å². The molecule has 126 valence electrons. The lowest BCUT2D eigenvalue weighted by Crippen LogP contribution is -2.18. The van der Waals surface area contributed by atoms with Crippen LogP contribution >= 0.6 is 0 Å². The molecule has 0 radical (unpaired) electrons. The molecule has 8 heteroatoms. The first-order chi connectivity index (χ1) is 11.4. The lowest BCUT2D eigenvalue weighted by molar-refractivity contribution is -0.114. The Morgan fingerprint density at radius 1 is 1.04 bits per heavy atom. The smallest absolute Gasteiger partial charge is 0.272 e. The number of H-pyrrole nitrogens is 1. The van der Waals surface area contributed by atoms with Gasteiger partial charge in [0, 0.05) is 25.3 Å². The molecule has 0 fully saturated rings. The fourth-order valence-corrected chi connectivity index (χ4v) is 1.99. The van der Waals surface area contributed by atoms with E-state index in [2.05, 4.69) is 15.6 Å². The highest BCUT2D eigenvalue weighted by molar-refractivity contribution is 6.06. The molecule has 24 heavy (non-hydrogen) atoms. The Morgan fingerprint density at radius 3 is 2.38 bits per heavy atom. The summed E-state index contributed by atoms with van der Waals surface area (Å²) in [5, 5.41) is 5.24. The lowest BCUT2D eigenvalue weighted by atomic mass is 10.2. The van der Waals surface area contributed by atoms with E-state index in [0.717, 1.165) is 6.07 Å². The van der Waals surface area contributed by atoms with E-state index < -0.39 is 11.3 Å². The van der Waals surface area contributed by atoms with Crippen LogP contribution in [0.15, 0.2) is 35.3 Å². The molecular weight excluding hydrogens is 314 g/mol. The Bertz CT molecular complexity index is 829. The van der Waals surface area contributed by atoms with Gasteiger partial charge in [0.25, 0.3) is 5.91 Å². The fraction of sp³-hybridized carbons (Fsp3) is 0.188. The molecule has 3 N–H and O–H groups in total. The van der Waals surface area contributed by atoms with Gasteiger partial charge in [-0.2, -0.15) is 0 Å². The minimum absolute atomic E-state index is 0.0531. The van der Waals surface area contributed by atoms with E-state index >= 15 is 0 Å². The van der Waals surface area contributed by atoms with Crippen LogP contribution in [0.2, 0.25) is 0 Å². The molecule has 0 spiro atoms. The summed E-state index contributed by atoms with van der Waals surface area (Å²) in [6.45, 7) is 1.36. The van der Waals surface area contributed by atoms with Gasteiger partial charge in [-0.1, -0.05) is 0 Å². The van der Waals surface area contributed by atoms with Crippen LogP contribution in [-0.4, -0.2) is 31.0 Å². The quantitative estimate of drug-likeness (QED) is 0.771. The molecule has 0 aliphatic carbocycles. The third-order valence-electron chi connectivity index (χ3n) is 3.13. The summed E-state index contributed by atoms with van der Waals surface area (Å²) in [5.41, 5.74) is 0.380. The second-order valence-electron chi connectivity index (χ2n) is 4.83. The zero-order valence-corrected chi connectivity index (χ0v) is 13.4. The van der Waals surface area contributed by atoms with Crippen molar-refractivity contribution in [2.45, 2.75) is 6.92 Å². The molecule has 1 aromatic heterocycles. The molecular formula is C16H17N3O5. The molecule has 2 amide bonds. The second kappa shape index (κ2) is 7.32. The van der Waals surface area contributed by atoms with E-state index in [4.69, 9.17) is 9.47 Å². The summed E-state index contributed by atoms with van der Waals surface area (Å²) in [4.78, 5) is 38.0. The summed E-state index contributed by atoms with van der Waals surface area (Å²) in [5.74, 6) is -0.224. The Balaban J connectivity index is 2.31.